The van der Waals surface area contributed by atoms with Crippen LogP contribution in [0.3, 0.4) is 0 Å². The molecule has 5 heteroatoms. The Morgan fingerprint density at radius 1 is 1.62 bits per heavy atom. The van der Waals surface area contributed by atoms with E-state index in [-0.39, 0.29) is 5.97 Å². The van der Waals surface area contributed by atoms with Crippen molar-refractivity contribution >= 4 is 12.0 Å². The van der Waals surface area contributed by atoms with Crippen molar-refractivity contribution in [2.24, 2.45) is 11.7 Å². The predicted octanol–water partition coefficient (Wildman–Crippen LogP) is 0.434. The van der Waals surface area contributed by atoms with Crippen LogP contribution in [0.15, 0.2) is 0 Å². The van der Waals surface area contributed by atoms with Gasteiger partial charge in [0.15, 0.2) is 0 Å². The molecule has 5 nitrogen and oxygen atoms in total. The third kappa shape index (κ3) is 10.8. The van der Waals surface area contributed by atoms with E-state index in [0.717, 1.165) is 6.08 Å². The summed E-state index contributed by atoms with van der Waals surface area (Å²) < 4.78 is 4.45. The summed E-state index contributed by atoms with van der Waals surface area (Å²) in [5.74, 6) is 0.114. The molecule has 0 aromatic carbocycles. The predicted molar refractivity (Wildman–Crippen MR) is 47.9 cm³/mol. The highest BCUT2D eigenvalue weighted by molar-refractivity contribution is 5.75. The van der Waals surface area contributed by atoms with Gasteiger partial charge >= 0.3 is 5.97 Å². The van der Waals surface area contributed by atoms with Gasteiger partial charge in [0.05, 0.1) is 7.11 Å². The quantitative estimate of drug-likeness (QED) is 0.381. The molecule has 1 unspecified atom stereocenters. The van der Waals surface area contributed by atoms with Crippen molar-refractivity contribution in [3.8, 4) is 0 Å². The van der Waals surface area contributed by atoms with Crippen LogP contribution in [0.2, 0.25) is 0 Å². The van der Waals surface area contributed by atoms with Crippen LogP contribution in [0, 0.1) is 11.3 Å². The number of hydrogen-bond acceptors (Lipinski definition) is 5. The Balaban J connectivity index is 0. The number of isocyanates is 1. The van der Waals surface area contributed by atoms with E-state index in [4.69, 9.17) is 15.9 Å². The molecule has 0 spiro atoms. The standard InChI is InChI=1S/C7H15NO2.CHNO/c1-5(2)4-6(8)7(9)10-3;2-1-3/h5-6H,4,8H2,1-3H3;2H. The Labute approximate surface area is 77.8 Å². The number of carbonyl (C=O) groups excluding carboxylic acids is 2. The molecule has 76 valence electrons. The van der Waals surface area contributed by atoms with Crippen LogP contribution in [-0.4, -0.2) is 25.2 Å². The lowest BCUT2D eigenvalue weighted by Gasteiger charge is -2.10. The third-order valence-electron chi connectivity index (χ3n) is 1.23. The van der Waals surface area contributed by atoms with Crippen molar-refractivity contribution in [2.75, 3.05) is 7.11 Å². The van der Waals surface area contributed by atoms with Crippen LogP contribution < -0.4 is 5.73 Å². The van der Waals surface area contributed by atoms with Gasteiger partial charge in [-0.25, -0.2) is 10.2 Å². The molecule has 0 rings (SSSR count). The Morgan fingerprint density at radius 3 is 2.23 bits per heavy atom. The molecule has 13 heavy (non-hydrogen) atoms. The van der Waals surface area contributed by atoms with Gasteiger partial charge in [-0.2, -0.15) is 0 Å². The topological polar surface area (TPSA) is 93.2 Å². The van der Waals surface area contributed by atoms with Gasteiger partial charge in [-0.1, -0.05) is 13.8 Å². The molecule has 0 aliphatic heterocycles. The molecule has 0 aliphatic rings. The Hall–Kier alpha value is -1.19. The molecular weight excluding hydrogens is 172 g/mol. The molecule has 1 atom stereocenters. The number of rotatable bonds is 3. The average molecular weight is 188 g/mol. The first-order valence-corrected chi connectivity index (χ1v) is 3.86. The number of hydrogen-bond donors (Lipinski definition) is 2. The zero-order valence-corrected chi connectivity index (χ0v) is 8.16. The normalized spacial score (nSPS) is 10.8. The van der Waals surface area contributed by atoms with Gasteiger partial charge in [-0.3, -0.25) is 4.79 Å². The van der Waals surface area contributed by atoms with Crippen molar-refractivity contribution < 1.29 is 14.3 Å². The molecule has 0 heterocycles. The second-order valence-corrected chi connectivity index (χ2v) is 2.86. The molecule has 0 amide bonds. The van der Waals surface area contributed by atoms with E-state index in [2.05, 4.69) is 4.74 Å². The van der Waals surface area contributed by atoms with Crippen molar-refractivity contribution in [2.45, 2.75) is 26.3 Å². The monoisotopic (exact) mass is 188 g/mol. The van der Waals surface area contributed by atoms with E-state index in [9.17, 15) is 4.79 Å². The van der Waals surface area contributed by atoms with Crippen LogP contribution in [-0.2, 0) is 14.3 Å². The van der Waals surface area contributed by atoms with Gasteiger partial charge in [-0.15, -0.1) is 0 Å². The lowest BCUT2D eigenvalue weighted by Crippen LogP contribution is -2.32. The lowest BCUT2D eigenvalue weighted by molar-refractivity contribution is -0.142. The summed E-state index contributed by atoms with van der Waals surface area (Å²) in [7, 11) is 1.35. The fourth-order valence-corrected chi connectivity index (χ4v) is 0.755. The first kappa shape index (κ1) is 14.3. The summed E-state index contributed by atoms with van der Waals surface area (Å²) in [5.41, 5.74) is 5.45. The van der Waals surface area contributed by atoms with Crippen molar-refractivity contribution in [1.29, 1.82) is 5.41 Å². The average Bonchev–Trinajstić information content (AvgIpc) is 2.03. The molecule has 0 aromatic heterocycles. The largest absolute Gasteiger partial charge is 0.468 e. The Bertz CT molecular complexity index is 174. The maximum atomic E-state index is 10.7. The number of nitrogens with one attached hydrogen (secondary N) is 1. The van der Waals surface area contributed by atoms with Crippen LogP contribution in [0.4, 0.5) is 0 Å². The highest BCUT2D eigenvalue weighted by Gasteiger charge is 2.14. The fourth-order valence-electron chi connectivity index (χ4n) is 0.755. The second-order valence-electron chi connectivity index (χ2n) is 2.86. The molecule has 3 N–H and O–H groups in total. The maximum absolute atomic E-state index is 10.7. The Kier molecular flexibility index (Phi) is 9.82. The van der Waals surface area contributed by atoms with Gasteiger partial charge in [0.25, 0.3) is 0 Å². The number of nitrogens with two attached hydrogens (primary N) is 1. The summed E-state index contributed by atoms with van der Waals surface area (Å²) in [6.07, 6.45) is 1.44. The lowest BCUT2D eigenvalue weighted by atomic mass is 10.1. The number of methoxy groups -OCH3 is 1. The summed E-state index contributed by atoms with van der Waals surface area (Å²) >= 11 is 0. The fraction of sp³-hybridized carbons (Fsp3) is 0.750. The SMILES string of the molecule is COC(=O)C(N)CC(C)C.N=C=O. The third-order valence-corrected chi connectivity index (χ3v) is 1.23. The molecular formula is C8H16N2O3. The van der Waals surface area contributed by atoms with E-state index in [1.165, 1.54) is 7.11 Å². The minimum atomic E-state index is -0.454. The summed E-state index contributed by atoms with van der Waals surface area (Å²) in [5, 5.41) is 5.40. The van der Waals surface area contributed by atoms with Gasteiger partial charge in [0.1, 0.15) is 6.04 Å². The highest BCUT2D eigenvalue weighted by atomic mass is 16.5. The molecule has 0 aromatic rings. The highest BCUT2D eigenvalue weighted by Crippen LogP contribution is 2.02. The zero-order valence-electron chi connectivity index (χ0n) is 8.16. The summed E-state index contributed by atoms with van der Waals surface area (Å²) in [4.78, 5) is 19.0. The van der Waals surface area contributed by atoms with Crippen LogP contribution in [0.5, 0.6) is 0 Å². The van der Waals surface area contributed by atoms with E-state index < -0.39 is 6.04 Å². The number of ether oxygens (including phenoxy) is 1. The molecule has 0 saturated heterocycles. The smallest absolute Gasteiger partial charge is 0.322 e. The van der Waals surface area contributed by atoms with Crippen molar-refractivity contribution in [1.82, 2.24) is 0 Å². The number of esters is 1. The number of carbonyl (C=O) groups is 1. The van der Waals surface area contributed by atoms with Crippen LogP contribution >= 0.6 is 0 Å². The van der Waals surface area contributed by atoms with Gasteiger partial charge < -0.3 is 10.5 Å². The molecule has 0 radical (unpaired) electrons. The Morgan fingerprint density at radius 2 is 2.00 bits per heavy atom. The van der Waals surface area contributed by atoms with E-state index in [1.54, 1.807) is 0 Å². The van der Waals surface area contributed by atoms with Gasteiger partial charge in [0, 0.05) is 0 Å². The second kappa shape index (κ2) is 8.90. The first-order valence-electron chi connectivity index (χ1n) is 3.86. The van der Waals surface area contributed by atoms with Crippen molar-refractivity contribution in [3.05, 3.63) is 0 Å². The molecule has 0 saturated carbocycles. The maximum Gasteiger partial charge on any atom is 0.322 e. The molecule has 0 fully saturated rings. The van der Waals surface area contributed by atoms with E-state index in [1.807, 2.05) is 13.8 Å². The zero-order chi connectivity index (χ0) is 10.9. The van der Waals surface area contributed by atoms with E-state index in [0.29, 0.717) is 12.3 Å². The van der Waals surface area contributed by atoms with E-state index >= 15 is 0 Å². The van der Waals surface area contributed by atoms with Gasteiger partial charge in [0.2, 0.25) is 6.08 Å². The minimum Gasteiger partial charge on any atom is -0.468 e. The van der Waals surface area contributed by atoms with Crippen LogP contribution in [0.25, 0.3) is 0 Å². The molecule has 0 aliphatic carbocycles. The summed E-state index contributed by atoms with van der Waals surface area (Å²) in [6, 6.07) is -0.454. The first-order chi connectivity index (χ1) is 5.99. The van der Waals surface area contributed by atoms with Crippen LogP contribution in [0.1, 0.15) is 20.3 Å². The minimum absolute atomic E-state index is 0.325. The summed E-state index contributed by atoms with van der Waals surface area (Å²) in [6.45, 7) is 4.03. The van der Waals surface area contributed by atoms with Gasteiger partial charge in [-0.05, 0) is 12.3 Å². The van der Waals surface area contributed by atoms with Crippen molar-refractivity contribution in [3.63, 3.8) is 0 Å². The molecule has 0 bridgehead atoms.